The fourth-order valence-electron chi connectivity index (χ4n) is 1.19. The molecule has 0 atom stereocenters. The Morgan fingerprint density at radius 3 is 2.56 bits per heavy atom. The minimum Gasteiger partial charge on any atom is -0.462 e. The Kier molecular flexibility index (Phi) is 4.05. The molecule has 0 amide bonds. The lowest BCUT2D eigenvalue weighted by Gasteiger charge is -2.02. The minimum absolute atomic E-state index is 0.00352. The number of esters is 1. The van der Waals surface area contributed by atoms with Gasteiger partial charge in [0.2, 0.25) is 0 Å². The van der Waals surface area contributed by atoms with Gasteiger partial charge in [0, 0.05) is 0 Å². The fraction of sp³-hybridized carbons (Fsp3) is 0.333. The van der Waals surface area contributed by atoms with Crippen LogP contribution in [-0.2, 0) is 14.3 Å². The van der Waals surface area contributed by atoms with Crippen LogP contribution in [0.1, 0.15) is 25.4 Å². The van der Waals surface area contributed by atoms with E-state index in [-0.39, 0.29) is 18.0 Å². The van der Waals surface area contributed by atoms with Crippen LogP contribution in [0.4, 0.5) is 0 Å². The number of carbonyl (C=O) groups excluding carboxylic acids is 2. The highest BCUT2D eigenvalue weighted by Gasteiger charge is 2.16. The van der Waals surface area contributed by atoms with E-state index in [4.69, 9.17) is 9.15 Å². The largest absolute Gasteiger partial charge is 0.462 e. The van der Waals surface area contributed by atoms with Gasteiger partial charge in [-0.25, -0.2) is 4.79 Å². The van der Waals surface area contributed by atoms with Gasteiger partial charge in [-0.05, 0) is 39.0 Å². The fourth-order valence-corrected chi connectivity index (χ4v) is 1.19. The van der Waals surface area contributed by atoms with Crippen LogP contribution >= 0.6 is 0 Å². The Bertz CT molecular complexity index is 426. The predicted octanol–water partition coefficient (Wildman–Crippen LogP) is 2.12. The van der Waals surface area contributed by atoms with E-state index >= 15 is 0 Å². The quantitative estimate of drug-likeness (QED) is 0.339. The van der Waals surface area contributed by atoms with Crippen LogP contribution in [0.5, 0.6) is 0 Å². The zero-order valence-corrected chi connectivity index (χ0v) is 9.57. The van der Waals surface area contributed by atoms with E-state index in [9.17, 15) is 9.59 Å². The van der Waals surface area contributed by atoms with Crippen molar-refractivity contribution >= 4 is 17.8 Å². The molecule has 4 nitrogen and oxygen atoms in total. The molecule has 86 valence electrons. The van der Waals surface area contributed by atoms with Gasteiger partial charge in [0.05, 0.1) is 6.61 Å². The first-order valence-corrected chi connectivity index (χ1v) is 5.00. The molecule has 0 bridgehead atoms. The number of Topliss-reactive ketones (excluding diaryl/α,β-unsaturated/α-hetero) is 1. The average Bonchev–Trinajstić information content (AvgIpc) is 2.60. The molecule has 0 radical (unpaired) electrons. The van der Waals surface area contributed by atoms with Crippen LogP contribution in [0.15, 0.2) is 22.1 Å². The maximum Gasteiger partial charge on any atom is 0.341 e. The third kappa shape index (κ3) is 3.08. The van der Waals surface area contributed by atoms with Crippen molar-refractivity contribution in [2.24, 2.45) is 0 Å². The molecule has 0 saturated carbocycles. The van der Waals surface area contributed by atoms with Crippen LogP contribution in [0.2, 0.25) is 0 Å². The SMILES string of the molecule is CCOC(=O)/C(=C/c1ccc(C)o1)C(C)=O. The molecular weight excluding hydrogens is 208 g/mol. The van der Waals surface area contributed by atoms with Crippen molar-refractivity contribution in [2.75, 3.05) is 6.61 Å². The Morgan fingerprint density at radius 2 is 2.12 bits per heavy atom. The van der Waals surface area contributed by atoms with Gasteiger partial charge >= 0.3 is 5.97 Å². The third-order valence-corrected chi connectivity index (χ3v) is 1.92. The summed E-state index contributed by atoms with van der Waals surface area (Å²) in [5, 5.41) is 0. The molecular formula is C12H14O4. The Balaban J connectivity index is 2.98. The third-order valence-electron chi connectivity index (χ3n) is 1.92. The van der Waals surface area contributed by atoms with E-state index in [1.54, 1.807) is 26.0 Å². The first kappa shape index (κ1) is 12.2. The van der Waals surface area contributed by atoms with Crippen molar-refractivity contribution in [3.05, 3.63) is 29.2 Å². The minimum atomic E-state index is -0.621. The highest BCUT2D eigenvalue weighted by molar-refractivity contribution is 6.19. The number of ketones is 1. The molecule has 0 aliphatic heterocycles. The molecule has 0 unspecified atom stereocenters. The summed E-state index contributed by atoms with van der Waals surface area (Å²) < 4.78 is 10.0. The number of hydrogen-bond donors (Lipinski definition) is 0. The summed E-state index contributed by atoms with van der Waals surface area (Å²) >= 11 is 0. The molecule has 0 aromatic carbocycles. The molecule has 1 aromatic rings. The lowest BCUT2D eigenvalue weighted by Crippen LogP contribution is -2.13. The molecule has 1 aromatic heterocycles. The summed E-state index contributed by atoms with van der Waals surface area (Å²) in [6.07, 6.45) is 1.40. The molecule has 0 aliphatic rings. The summed E-state index contributed by atoms with van der Waals surface area (Å²) in [5.74, 6) is 0.227. The normalized spacial score (nSPS) is 11.3. The van der Waals surface area contributed by atoms with Gasteiger partial charge in [0.25, 0.3) is 0 Å². The van der Waals surface area contributed by atoms with Crippen LogP contribution in [-0.4, -0.2) is 18.4 Å². The second-order valence-electron chi connectivity index (χ2n) is 3.28. The van der Waals surface area contributed by atoms with Crippen LogP contribution in [0.25, 0.3) is 6.08 Å². The molecule has 16 heavy (non-hydrogen) atoms. The predicted molar refractivity (Wildman–Crippen MR) is 58.7 cm³/mol. The molecule has 1 rings (SSSR count). The Hall–Kier alpha value is -1.84. The Morgan fingerprint density at radius 1 is 1.44 bits per heavy atom. The van der Waals surface area contributed by atoms with Crippen molar-refractivity contribution in [2.45, 2.75) is 20.8 Å². The Labute approximate surface area is 93.9 Å². The molecule has 0 N–H and O–H groups in total. The lowest BCUT2D eigenvalue weighted by atomic mass is 10.1. The van der Waals surface area contributed by atoms with Crippen molar-refractivity contribution < 1.29 is 18.7 Å². The first-order valence-electron chi connectivity index (χ1n) is 5.00. The van der Waals surface area contributed by atoms with E-state index in [0.29, 0.717) is 5.76 Å². The summed E-state index contributed by atoms with van der Waals surface area (Å²) in [4.78, 5) is 22.7. The smallest absolute Gasteiger partial charge is 0.341 e. The van der Waals surface area contributed by atoms with Crippen molar-refractivity contribution in [3.8, 4) is 0 Å². The van der Waals surface area contributed by atoms with Gasteiger partial charge in [-0.1, -0.05) is 0 Å². The van der Waals surface area contributed by atoms with Gasteiger partial charge in [-0.3, -0.25) is 4.79 Å². The van der Waals surface area contributed by atoms with E-state index in [1.165, 1.54) is 13.0 Å². The highest BCUT2D eigenvalue weighted by Crippen LogP contribution is 2.12. The summed E-state index contributed by atoms with van der Waals surface area (Å²) in [7, 11) is 0. The highest BCUT2D eigenvalue weighted by atomic mass is 16.5. The lowest BCUT2D eigenvalue weighted by molar-refractivity contribution is -0.139. The zero-order valence-electron chi connectivity index (χ0n) is 9.57. The molecule has 0 saturated heterocycles. The van der Waals surface area contributed by atoms with Crippen molar-refractivity contribution in [3.63, 3.8) is 0 Å². The number of furan rings is 1. The number of carbonyl (C=O) groups is 2. The zero-order chi connectivity index (χ0) is 12.1. The van der Waals surface area contributed by atoms with Crippen LogP contribution in [0.3, 0.4) is 0 Å². The van der Waals surface area contributed by atoms with E-state index in [2.05, 4.69) is 0 Å². The van der Waals surface area contributed by atoms with Crippen molar-refractivity contribution in [1.82, 2.24) is 0 Å². The summed E-state index contributed by atoms with van der Waals surface area (Å²) in [5.41, 5.74) is -0.00352. The first-order chi connectivity index (χ1) is 7.54. The summed E-state index contributed by atoms with van der Waals surface area (Å²) in [6, 6.07) is 3.45. The van der Waals surface area contributed by atoms with E-state index in [0.717, 1.165) is 5.76 Å². The van der Waals surface area contributed by atoms with Gasteiger partial charge < -0.3 is 9.15 Å². The van der Waals surface area contributed by atoms with E-state index < -0.39 is 5.97 Å². The standard InChI is InChI=1S/C12H14O4/c1-4-15-12(14)11(9(3)13)7-10-6-5-8(2)16-10/h5-7H,4H2,1-3H3/b11-7+. The van der Waals surface area contributed by atoms with Gasteiger partial charge in [-0.15, -0.1) is 0 Å². The van der Waals surface area contributed by atoms with E-state index in [1.807, 2.05) is 0 Å². The van der Waals surface area contributed by atoms with Crippen molar-refractivity contribution in [1.29, 1.82) is 0 Å². The monoisotopic (exact) mass is 222 g/mol. The summed E-state index contributed by atoms with van der Waals surface area (Å²) in [6.45, 7) is 5.03. The number of rotatable bonds is 4. The second kappa shape index (κ2) is 5.30. The van der Waals surface area contributed by atoms with Crippen LogP contribution < -0.4 is 0 Å². The van der Waals surface area contributed by atoms with Crippen LogP contribution in [0, 0.1) is 6.92 Å². The van der Waals surface area contributed by atoms with Gasteiger partial charge in [0.1, 0.15) is 17.1 Å². The second-order valence-corrected chi connectivity index (χ2v) is 3.28. The number of hydrogen-bond acceptors (Lipinski definition) is 4. The molecule has 0 aliphatic carbocycles. The molecule has 4 heteroatoms. The maximum absolute atomic E-state index is 11.4. The molecule has 0 spiro atoms. The average molecular weight is 222 g/mol. The van der Waals surface area contributed by atoms with Gasteiger partial charge in [0.15, 0.2) is 5.78 Å². The number of aryl methyl sites for hydroxylation is 1. The molecule has 1 heterocycles. The maximum atomic E-state index is 11.4. The van der Waals surface area contributed by atoms with Gasteiger partial charge in [-0.2, -0.15) is 0 Å². The topological polar surface area (TPSA) is 56.5 Å². The molecule has 0 fully saturated rings. The number of ether oxygens (including phenoxy) is 1.